The minimum Gasteiger partial charge on any atom is -0.368 e. The van der Waals surface area contributed by atoms with E-state index in [9.17, 15) is 0 Å². The predicted octanol–water partition coefficient (Wildman–Crippen LogP) is -0.578. The van der Waals surface area contributed by atoms with Gasteiger partial charge in [0.1, 0.15) is 12.7 Å². The Kier molecular flexibility index (Phi) is 4.41. The first-order valence-electron chi connectivity index (χ1n) is 6.28. The molecule has 2 aromatic heterocycles. The van der Waals surface area contributed by atoms with Gasteiger partial charge in [-0.25, -0.2) is 4.98 Å². The highest BCUT2D eigenvalue weighted by molar-refractivity contribution is 5.36. The van der Waals surface area contributed by atoms with Gasteiger partial charge in [0.25, 0.3) is 5.95 Å². The topological polar surface area (TPSA) is 102 Å². The van der Waals surface area contributed by atoms with Gasteiger partial charge in [-0.1, -0.05) is 0 Å². The summed E-state index contributed by atoms with van der Waals surface area (Å²) in [6.45, 7) is 1.83. The van der Waals surface area contributed by atoms with Crippen LogP contribution in [0.2, 0.25) is 0 Å². The van der Waals surface area contributed by atoms with Gasteiger partial charge in [-0.15, -0.1) is 0 Å². The lowest BCUT2D eigenvalue weighted by Crippen LogP contribution is -2.26. The van der Waals surface area contributed by atoms with E-state index in [2.05, 4.69) is 29.9 Å². The molecule has 2 rings (SSSR count). The molecule has 9 heteroatoms. The van der Waals surface area contributed by atoms with Crippen molar-refractivity contribution in [3.05, 3.63) is 12.7 Å². The van der Waals surface area contributed by atoms with Crippen LogP contribution in [0.1, 0.15) is 6.42 Å². The second-order valence-corrected chi connectivity index (χ2v) is 4.71. The molecule has 20 heavy (non-hydrogen) atoms. The van der Waals surface area contributed by atoms with Gasteiger partial charge in [-0.05, 0) is 27.1 Å². The lowest BCUT2D eigenvalue weighted by Gasteiger charge is -2.18. The minimum atomic E-state index is 0.167. The molecule has 0 aliphatic carbocycles. The van der Waals surface area contributed by atoms with Crippen molar-refractivity contribution in [3.8, 4) is 5.95 Å². The first-order chi connectivity index (χ1) is 9.56. The average molecular weight is 277 g/mol. The van der Waals surface area contributed by atoms with E-state index in [1.807, 2.05) is 26.0 Å². The average Bonchev–Trinajstić information content (AvgIpc) is 2.91. The van der Waals surface area contributed by atoms with Gasteiger partial charge in [-0.2, -0.15) is 24.7 Å². The Morgan fingerprint density at radius 1 is 1.15 bits per heavy atom. The zero-order valence-electron chi connectivity index (χ0n) is 11.9. The summed E-state index contributed by atoms with van der Waals surface area (Å²) in [6, 6.07) is 0. The number of hydrogen-bond donors (Lipinski definition) is 1. The summed E-state index contributed by atoms with van der Waals surface area (Å²) in [6.07, 6.45) is 3.94. The zero-order chi connectivity index (χ0) is 14.5. The predicted molar refractivity (Wildman–Crippen MR) is 75.6 cm³/mol. The van der Waals surface area contributed by atoms with Crippen molar-refractivity contribution in [1.82, 2.24) is 34.6 Å². The SMILES string of the molecule is CN(C)CCCN(C)c1nc(N)nc(-n2cncn2)n1. The summed E-state index contributed by atoms with van der Waals surface area (Å²) in [5.74, 6) is 1.06. The van der Waals surface area contributed by atoms with Gasteiger partial charge in [0.2, 0.25) is 11.9 Å². The molecule has 0 bridgehead atoms. The van der Waals surface area contributed by atoms with Gasteiger partial charge in [-0.3, -0.25) is 0 Å². The number of nitrogens with zero attached hydrogens (tertiary/aromatic N) is 8. The van der Waals surface area contributed by atoms with Gasteiger partial charge in [0, 0.05) is 13.6 Å². The maximum absolute atomic E-state index is 5.72. The third kappa shape index (κ3) is 3.60. The molecule has 0 spiro atoms. The number of nitrogens with two attached hydrogens (primary N) is 1. The van der Waals surface area contributed by atoms with Crippen LogP contribution in [0.4, 0.5) is 11.9 Å². The van der Waals surface area contributed by atoms with Crippen LogP contribution in [0, 0.1) is 0 Å². The van der Waals surface area contributed by atoms with E-state index in [0.29, 0.717) is 11.9 Å². The molecule has 0 radical (unpaired) electrons. The van der Waals surface area contributed by atoms with Crippen molar-refractivity contribution in [2.75, 3.05) is 44.9 Å². The standard InChI is InChI=1S/C11H19N9/c1-18(2)5-4-6-19(3)10-15-9(12)16-11(17-10)20-8-13-7-14-20/h7-8H,4-6H2,1-3H3,(H2,12,15,16,17). The Hall–Kier alpha value is -2.29. The Bertz CT molecular complexity index is 537. The summed E-state index contributed by atoms with van der Waals surface area (Å²) < 4.78 is 1.45. The Labute approximate surface area is 117 Å². The summed E-state index contributed by atoms with van der Waals surface area (Å²) in [5.41, 5.74) is 5.72. The lowest BCUT2D eigenvalue weighted by molar-refractivity contribution is 0.401. The van der Waals surface area contributed by atoms with Crippen molar-refractivity contribution < 1.29 is 0 Å². The quantitative estimate of drug-likeness (QED) is 0.748. The maximum Gasteiger partial charge on any atom is 0.258 e. The second kappa shape index (κ2) is 6.24. The fraction of sp³-hybridized carbons (Fsp3) is 0.545. The van der Waals surface area contributed by atoms with Crippen LogP contribution in [0.15, 0.2) is 12.7 Å². The van der Waals surface area contributed by atoms with Crippen molar-refractivity contribution in [2.24, 2.45) is 0 Å². The molecule has 2 N–H and O–H groups in total. The van der Waals surface area contributed by atoms with E-state index in [0.717, 1.165) is 19.5 Å². The van der Waals surface area contributed by atoms with Gasteiger partial charge in [0.15, 0.2) is 0 Å². The fourth-order valence-electron chi connectivity index (χ4n) is 1.68. The molecule has 0 atom stereocenters. The first-order valence-corrected chi connectivity index (χ1v) is 6.28. The summed E-state index contributed by atoms with van der Waals surface area (Å²) >= 11 is 0. The van der Waals surface area contributed by atoms with E-state index in [1.54, 1.807) is 0 Å². The summed E-state index contributed by atoms with van der Waals surface area (Å²) in [5, 5.41) is 3.99. The van der Waals surface area contributed by atoms with E-state index in [1.165, 1.54) is 17.3 Å². The largest absolute Gasteiger partial charge is 0.368 e. The Morgan fingerprint density at radius 2 is 1.95 bits per heavy atom. The van der Waals surface area contributed by atoms with E-state index in [-0.39, 0.29) is 5.95 Å². The van der Waals surface area contributed by atoms with E-state index < -0.39 is 0 Å². The van der Waals surface area contributed by atoms with Crippen LogP contribution >= 0.6 is 0 Å². The maximum atomic E-state index is 5.72. The van der Waals surface area contributed by atoms with Gasteiger partial charge < -0.3 is 15.5 Å². The van der Waals surface area contributed by atoms with E-state index in [4.69, 9.17) is 5.73 Å². The third-order valence-electron chi connectivity index (χ3n) is 2.69. The monoisotopic (exact) mass is 277 g/mol. The molecule has 0 aliphatic rings. The highest BCUT2D eigenvalue weighted by atomic mass is 15.4. The summed E-state index contributed by atoms with van der Waals surface area (Å²) in [7, 11) is 6.02. The van der Waals surface area contributed by atoms with Crippen LogP contribution in [0.3, 0.4) is 0 Å². The van der Waals surface area contributed by atoms with Crippen LogP contribution in [0.5, 0.6) is 0 Å². The number of nitrogen functional groups attached to an aromatic ring is 1. The van der Waals surface area contributed by atoms with Crippen molar-refractivity contribution in [2.45, 2.75) is 6.42 Å². The summed E-state index contributed by atoms with van der Waals surface area (Å²) in [4.78, 5) is 20.5. The molecule has 0 saturated carbocycles. The molecule has 0 saturated heterocycles. The Morgan fingerprint density at radius 3 is 2.60 bits per heavy atom. The molecule has 0 amide bonds. The number of anilines is 2. The van der Waals surface area contributed by atoms with Gasteiger partial charge in [0.05, 0.1) is 0 Å². The molecule has 0 aromatic carbocycles. The molecule has 0 unspecified atom stereocenters. The number of aromatic nitrogens is 6. The van der Waals surface area contributed by atoms with Crippen LogP contribution in [-0.4, -0.2) is 68.8 Å². The number of rotatable bonds is 6. The van der Waals surface area contributed by atoms with Crippen molar-refractivity contribution >= 4 is 11.9 Å². The normalized spacial score (nSPS) is 11.0. The van der Waals surface area contributed by atoms with Crippen LogP contribution < -0.4 is 10.6 Å². The molecule has 2 aromatic rings. The van der Waals surface area contributed by atoms with Crippen molar-refractivity contribution in [1.29, 1.82) is 0 Å². The molecule has 9 nitrogen and oxygen atoms in total. The highest BCUT2D eigenvalue weighted by Crippen LogP contribution is 2.09. The zero-order valence-corrected chi connectivity index (χ0v) is 11.9. The molecule has 0 fully saturated rings. The molecule has 0 aliphatic heterocycles. The van der Waals surface area contributed by atoms with Crippen LogP contribution in [0.25, 0.3) is 5.95 Å². The lowest BCUT2D eigenvalue weighted by atomic mass is 10.4. The van der Waals surface area contributed by atoms with Crippen LogP contribution in [-0.2, 0) is 0 Å². The Balaban J connectivity index is 2.11. The van der Waals surface area contributed by atoms with E-state index >= 15 is 0 Å². The highest BCUT2D eigenvalue weighted by Gasteiger charge is 2.10. The molecular weight excluding hydrogens is 258 g/mol. The third-order valence-corrected chi connectivity index (χ3v) is 2.69. The smallest absolute Gasteiger partial charge is 0.258 e. The second-order valence-electron chi connectivity index (χ2n) is 4.71. The molecular formula is C11H19N9. The molecule has 108 valence electrons. The van der Waals surface area contributed by atoms with Crippen molar-refractivity contribution in [3.63, 3.8) is 0 Å². The van der Waals surface area contributed by atoms with Gasteiger partial charge >= 0.3 is 0 Å². The minimum absolute atomic E-state index is 0.167. The fourth-order valence-corrected chi connectivity index (χ4v) is 1.68. The molecule has 2 heterocycles. The number of hydrogen-bond acceptors (Lipinski definition) is 8. The first kappa shape index (κ1) is 14.1.